The van der Waals surface area contributed by atoms with Gasteiger partial charge in [0.25, 0.3) is 5.91 Å². The second-order valence-electron chi connectivity index (χ2n) is 5.92. The Labute approximate surface area is 136 Å². The highest BCUT2D eigenvalue weighted by molar-refractivity contribution is 5.90. The van der Waals surface area contributed by atoms with E-state index in [2.05, 4.69) is 15.5 Å². The lowest BCUT2D eigenvalue weighted by atomic mass is 10.0. The molecule has 8 nitrogen and oxygen atoms in total. The molecule has 0 fully saturated rings. The number of nitrogens with one attached hydrogen (secondary N) is 3. The maximum atomic E-state index is 12.1. The van der Waals surface area contributed by atoms with Gasteiger partial charge in [-0.3, -0.25) is 14.4 Å². The van der Waals surface area contributed by atoms with E-state index in [1.54, 1.807) is 20.8 Å². The molecule has 0 aliphatic carbocycles. The van der Waals surface area contributed by atoms with Gasteiger partial charge >= 0.3 is 5.97 Å². The van der Waals surface area contributed by atoms with Crippen molar-refractivity contribution in [2.45, 2.75) is 53.5 Å². The molecule has 0 aromatic rings. The SMILES string of the molecule is CCC(=O)ONC(=O)CNC(=O)[C@H](CC(C)C)NC(=O)C(C)C. The summed E-state index contributed by atoms with van der Waals surface area (Å²) in [6.07, 6.45) is 0.584. The van der Waals surface area contributed by atoms with Gasteiger partial charge in [-0.1, -0.05) is 34.6 Å². The van der Waals surface area contributed by atoms with Gasteiger partial charge in [0.2, 0.25) is 11.8 Å². The van der Waals surface area contributed by atoms with Gasteiger partial charge in [0.05, 0.1) is 6.54 Å². The molecule has 23 heavy (non-hydrogen) atoms. The number of rotatable bonds is 8. The maximum Gasteiger partial charge on any atom is 0.331 e. The van der Waals surface area contributed by atoms with Crippen LogP contribution in [0.2, 0.25) is 0 Å². The fourth-order valence-electron chi connectivity index (χ4n) is 1.55. The molecule has 0 radical (unpaired) electrons. The van der Waals surface area contributed by atoms with Crippen LogP contribution in [0.4, 0.5) is 0 Å². The summed E-state index contributed by atoms with van der Waals surface area (Å²) in [6, 6.07) is -0.712. The van der Waals surface area contributed by atoms with Gasteiger partial charge in [0.15, 0.2) is 0 Å². The summed E-state index contributed by atoms with van der Waals surface area (Å²) in [5.41, 5.74) is 1.94. The number of carbonyl (C=O) groups is 4. The van der Waals surface area contributed by atoms with Crippen molar-refractivity contribution in [3.8, 4) is 0 Å². The van der Waals surface area contributed by atoms with Crippen molar-refractivity contribution in [2.75, 3.05) is 6.54 Å². The standard InChI is InChI=1S/C15H27N3O5/c1-6-13(20)23-18-12(19)8-16-15(22)11(7-9(2)3)17-14(21)10(4)5/h9-11H,6-8H2,1-5H3,(H,16,22)(H,17,21)(H,18,19)/t11-/m0/s1. The van der Waals surface area contributed by atoms with E-state index in [-0.39, 0.29) is 30.7 Å². The van der Waals surface area contributed by atoms with Crippen LogP contribution in [0.3, 0.4) is 0 Å². The molecule has 0 aliphatic heterocycles. The third-order valence-electron chi connectivity index (χ3n) is 2.86. The van der Waals surface area contributed by atoms with Crippen molar-refractivity contribution < 1.29 is 24.0 Å². The summed E-state index contributed by atoms with van der Waals surface area (Å²) in [4.78, 5) is 50.7. The van der Waals surface area contributed by atoms with E-state index >= 15 is 0 Å². The minimum Gasteiger partial charge on any atom is -0.345 e. The monoisotopic (exact) mass is 329 g/mol. The van der Waals surface area contributed by atoms with E-state index in [4.69, 9.17) is 0 Å². The normalized spacial score (nSPS) is 11.8. The Bertz CT molecular complexity index is 435. The summed E-state index contributed by atoms with van der Waals surface area (Å²) < 4.78 is 0. The van der Waals surface area contributed by atoms with Crippen molar-refractivity contribution in [2.24, 2.45) is 11.8 Å². The van der Waals surface area contributed by atoms with Crippen molar-refractivity contribution in [1.82, 2.24) is 16.1 Å². The molecular formula is C15H27N3O5. The molecule has 0 spiro atoms. The van der Waals surface area contributed by atoms with E-state index in [9.17, 15) is 19.2 Å². The van der Waals surface area contributed by atoms with Gasteiger partial charge in [-0.05, 0) is 12.3 Å². The summed E-state index contributed by atoms with van der Waals surface area (Å²) in [5.74, 6) is -1.96. The van der Waals surface area contributed by atoms with Crippen LogP contribution in [-0.4, -0.2) is 36.3 Å². The lowest BCUT2D eigenvalue weighted by molar-refractivity contribution is -0.157. The minimum absolute atomic E-state index is 0.129. The van der Waals surface area contributed by atoms with Crippen LogP contribution in [0.1, 0.15) is 47.5 Å². The molecule has 0 unspecified atom stereocenters. The number of hydrogen-bond donors (Lipinski definition) is 3. The van der Waals surface area contributed by atoms with E-state index in [1.165, 1.54) is 0 Å². The molecule has 0 heterocycles. The third-order valence-corrected chi connectivity index (χ3v) is 2.86. The van der Waals surface area contributed by atoms with Gasteiger partial charge in [-0.15, -0.1) is 0 Å². The quantitative estimate of drug-likeness (QED) is 0.553. The highest BCUT2D eigenvalue weighted by atomic mass is 16.7. The molecule has 3 amide bonds. The molecule has 0 aromatic carbocycles. The van der Waals surface area contributed by atoms with Gasteiger partial charge in [0.1, 0.15) is 6.04 Å². The van der Waals surface area contributed by atoms with Crippen LogP contribution in [0.15, 0.2) is 0 Å². The Morgan fingerprint density at radius 2 is 1.61 bits per heavy atom. The molecular weight excluding hydrogens is 302 g/mol. The van der Waals surface area contributed by atoms with Gasteiger partial charge in [-0.25, -0.2) is 4.79 Å². The lowest BCUT2D eigenvalue weighted by Crippen LogP contribution is -2.50. The van der Waals surface area contributed by atoms with Crippen LogP contribution in [0.25, 0.3) is 0 Å². The van der Waals surface area contributed by atoms with Crippen molar-refractivity contribution in [1.29, 1.82) is 0 Å². The average molecular weight is 329 g/mol. The highest BCUT2D eigenvalue weighted by Crippen LogP contribution is 2.06. The van der Waals surface area contributed by atoms with Crippen LogP contribution in [0, 0.1) is 11.8 Å². The zero-order valence-corrected chi connectivity index (χ0v) is 14.4. The molecule has 8 heteroatoms. The van der Waals surface area contributed by atoms with E-state index < -0.39 is 23.8 Å². The average Bonchev–Trinajstić information content (AvgIpc) is 2.48. The van der Waals surface area contributed by atoms with E-state index in [0.29, 0.717) is 6.42 Å². The first-order valence-electron chi connectivity index (χ1n) is 7.73. The smallest absolute Gasteiger partial charge is 0.331 e. The van der Waals surface area contributed by atoms with Gasteiger partial charge in [-0.2, -0.15) is 5.48 Å². The molecule has 0 aromatic heterocycles. The fourth-order valence-corrected chi connectivity index (χ4v) is 1.55. The highest BCUT2D eigenvalue weighted by Gasteiger charge is 2.23. The molecule has 0 saturated carbocycles. The molecule has 132 valence electrons. The first kappa shape index (κ1) is 20.9. The van der Waals surface area contributed by atoms with E-state index in [0.717, 1.165) is 0 Å². The predicted octanol–water partition coefficient (Wildman–Crippen LogP) is 0.274. The van der Waals surface area contributed by atoms with Gasteiger partial charge < -0.3 is 15.5 Å². The predicted molar refractivity (Wildman–Crippen MR) is 83.8 cm³/mol. The van der Waals surface area contributed by atoms with Crippen LogP contribution < -0.4 is 16.1 Å². The Kier molecular flexibility index (Phi) is 9.60. The Hall–Kier alpha value is -2.12. The Morgan fingerprint density at radius 3 is 2.09 bits per heavy atom. The van der Waals surface area contributed by atoms with Gasteiger partial charge in [0, 0.05) is 12.3 Å². The Balaban J connectivity index is 4.45. The molecule has 0 rings (SSSR count). The first-order chi connectivity index (χ1) is 10.7. The van der Waals surface area contributed by atoms with Crippen LogP contribution >= 0.6 is 0 Å². The lowest BCUT2D eigenvalue weighted by Gasteiger charge is -2.21. The summed E-state index contributed by atoms with van der Waals surface area (Å²) in [6.45, 7) is 8.56. The topological polar surface area (TPSA) is 114 Å². The molecule has 0 aliphatic rings. The van der Waals surface area contributed by atoms with Crippen molar-refractivity contribution in [3.05, 3.63) is 0 Å². The second-order valence-corrected chi connectivity index (χ2v) is 5.92. The molecule has 1 atom stereocenters. The number of hydroxylamine groups is 1. The largest absolute Gasteiger partial charge is 0.345 e. The zero-order valence-electron chi connectivity index (χ0n) is 14.4. The van der Waals surface area contributed by atoms with Crippen LogP contribution in [0.5, 0.6) is 0 Å². The fraction of sp³-hybridized carbons (Fsp3) is 0.733. The third kappa shape index (κ3) is 9.49. The van der Waals surface area contributed by atoms with Crippen molar-refractivity contribution in [3.63, 3.8) is 0 Å². The summed E-state index contributed by atoms with van der Waals surface area (Å²) in [5, 5.41) is 5.08. The summed E-state index contributed by atoms with van der Waals surface area (Å²) in [7, 11) is 0. The number of amides is 3. The van der Waals surface area contributed by atoms with E-state index in [1.807, 2.05) is 19.3 Å². The zero-order chi connectivity index (χ0) is 18.0. The minimum atomic E-state index is -0.712. The maximum absolute atomic E-state index is 12.1. The summed E-state index contributed by atoms with van der Waals surface area (Å²) >= 11 is 0. The number of carbonyl (C=O) groups excluding carboxylic acids is 4. The molecule has 0 bridgehead atoms. The first-order valence-corrected chi connectivity index (χ1v) is 7.73. The van der Waals surface area contributed by atoms with Crippen molar-refractivity contribution >= 4 is 23.7 Å². The van der Waals surface area contributed by atoms with Crippen LogP contribution in [-0.2, 0) is 24.0 Å². The number of hydrogen-bond acceptors (Lipinski definition) is 5. The molecule has 0 saturated heterocycles. The second kappa shape index (κ2) is 10.6. The molecule has 3 N–H and O–H groups in total. The Morgan fingerprint density at radius 1 is 1.00 bits per heavy atom.